The average molecular weight is 416 g/mol. The molecule has 2 aromatic rings. The molecule has 0 bridgehead atoms. The molecule has 0 atom stereocenters. The van der Waals surface area contributed by atoms with Gasteiger partial charge in [0.05, 0.1) is 0 Å². The zero-order chi connectivity index (χ0) is 12.0. The van der Waals surface area contributed by atoms with E-state index in [0.717, 1.165) is 13.8 Å². The van der Waals surface area contributed by atoms with Crippen molar-refractivity contribution < 1.29 is 37.4 Å². The second kappa shape index (κ2) is 3.77. The van der Waals surface area contributed by atoms with E-state index in [4.69, 9.17) is 2.64 Å². The van der Waals surface area contributed by atoms with Crippen molar-refractivity contribution in [1.29, 1.82) is 0 Å². The summed E-state index contributed by atoms with van der Waals surface area (Å²) in [6.45, 7) is 0. The SMILES string of the molecule is O=C1[O][Hg][c]2cccc3cc([N+](=O)[O-])cc1c23. The van der Waals surface area contributed by atoms with Gasteiger partial charge >= 0.3 is 109 Å². The van der Waals surface area contributed by atoms with Crippen LogP contribution < -0.4 is 3.07 Å². The summed E-state index contributed by atoms with van der Waals surface area (Å²) in [5.74, 6) is -0.404. The molecule has 6 heteroatoms. The number of rotatable bonds is 1. The molecule has 0 unspecified atom stereocenters. The Balaban J connectivity index is 2.44. The van der Waals surface area contributed by atoms with Gasteiger partial charge in [-0.3, -0.25) is 0 Å². The van der Waals surface area contributed by atoms with Crippen molar-refractivity contribution in [2.75, 3.05) is 0 Å². The zero-order valence-corrected chi connectivity index (χ0v) is 14.2. The van der Waals surface area contributed by atoms with E-state index in [1.807, 2.05) is 12.1 Å². The van der Waals surface area contributed by atoms with Gasteiger partial charge in [-0.2, -0.15) is 0 Å². The molecule has 2 aromatic carbocycles. The average Bonchev–Trinajstić information content (AvgIpc) is 2.33. The summed E-state index contributed by atoms with van der Waals surface area (Å²) in [5, 5.41) is 12.4. The van der Waals surface area contributed by atoms with Gasteiger partial charge in [-0.15, -0.1) is 0 Å². The van der Waals surface area contributed by atoms with E-state index in [1.54, 1.807) is 6.07 Å². The van der Waals surface area contributed by atoms with Crippen LogP contribution in [0, 0.1) is 10.1 Å². The number of carbonyl (C=O) groups is 1. The first kappa shape index (κ1) is 10.6. The van der Waals surface area contributed by atoms with Gasteiger partial charge in [-0.05, 0) is 0 Å². The maximum atomic E-state index is 11.7. The van der Waals surface area contributed by atoms with Gasteiger partial charge in [0.25, 0.3) is 0 Å². The monoisotopic (exact) mass is 417 g/mol. The number of nitro benzene ring substituents is 1. The Labute approximate surface area is 109 Å². The fourth-order valence-electron chi connectivity index (χ4n) is 2.10. The second-order valence-corrected chi connectivity index (χ2v) is 9.05. The van der Waals surface area contributed by atoms with Crippen LogP contribution in [0.4, 0.5) is 5.69 Å². The van der Waals surface area contributed by atoms with E-state index >= 15 is 0 Å². The fraction of sp³-hybridized carbons (Fsp3) is 0. The molecule has 0 N–H and O–H groups in total. The third-order valence-electron chi connectivity index (χ3n) is 2.84. The number of non-ortho nitro benzene ring substituents is 1. The first-order valence-electron chi connectivity index (χ1n) is 5.04. The van der Waals surface area contributed by atoms with E-state index in [-0.39, 0.29) is 5.69 Å². The molecule has 0 amide bonds. The molecular weight excluding hydrogens is 411 g/mol. The molecule has 0 aliphatic carbocycles. The summed E-state index contributed by atoms with van der Waals surface area (Å²) >= 11 is -1.81. The van der Waals surface area contributed by atoms with E-state index in [2.05, 4.69) is 0 Å². The molecule has 0 saturated heterocycles. The van der Waals surface area contributed by atoms with Crippen LogP contribution in [0.5, 0.6) is 0 Å². The van der Waals surface area contributed by atoms with Gasteiger partial charge in [0.1, 0.15) is 0 Å². The molecule has 0 fully saturated rings. The van der Waals surface area contributed by atoms with Gasteiger partial charge in [0.2, 0.25) is 0 Å². The summed E-state index contributed by atoms with van der Waals surface area (Å²) < 4.78 is 6.29. The van der Waals surface area contributed by atoms with Crippen LogP contribution in [0.2, 0.25) is 0 Å². The molecular formula is C11H5HgNO4. The van der Waals surface area contributed by atoms with E-state index in [9.17, 15) is 14.9 Å². The molecule has 0 aromatic heterocycles. The fourth-order valence-corrected chi connectivity index (χ4v) is 6.81. The van der Waals surface area contributed by atoms with Crippen LogP contribution in [-0.2, 0) is 27.7 Å². The van der Waals surface area contributed by atoms with Crippen LogP contribution in [0.15, 0.2) is 30.3 Å². The summed E-state index contributed by atoms with van der Waals surface area (Å²) in [4.78, 5) is 22.0. The summed E-state index contributed by atoms with van der Waals surface area (Å²) in [6.07, 6.45) is 0. The van der Waals surface area contributed by atoms with Gasteiger partial charge in [0, 0.05) is 0 Å². The Morgan fingerprint density at radius 1 is 1.29 bits per heavy atom. The first-order chi connectivity index (χ1) is 8.16. The minimum atomic E-state index is -1.81. The number of hydrogen-bond acceptors (Lipinski definition) is 4. The predicted molar refractivity (Wildman–Crippen MR) is 55.7 cm³/mol. The Morgan fingerprint density at radius 2 is 2.12 bits per heavy atom. The standard InChI is InChI=1S/C11H6NO4.Hg/c13-11(14)10-6-8(12(15)16)5-7-3-1-2-4-9(7)10;/h1-3,5-6H,(H,13,14);/q;+1/p-1. The molecule has 5 nitrogen and oxygen atoms in total. The Kier molecular flexibility index (Phi) is 2.36. The molecule has 0 saturated carbocycles. The number of hydrogen-bond donors (Lipinski definition) is 0. The third-order valence-corrected chi connectivity index (χ3v) is 7.92. The minimum absolute atomic E-state index is 0.0693. The quantitative estimate of drug-likeness (QED) is 0.402. The molecule has 1 aliphatic rings. The van der Waals surface area contributed by atoms with Crippen molar-refractivity contribution in [3.63, 3.8) is 0 Å². The Bertz CT molecular complexity index is 668. The van der Waals surface area contributed by atoms with Crippen LogP contribution in [0.1, 0.15) is 10.4 Å². The van der Waals surface area contributed by atoms with Crippen LogP contribution >= 0.6 is 0 Å². The number of nitro groups is 1. The van der Waals surface area contributed by atoms with E-state index in [0.29, 0.717) is 5.56 Å². The third kappa shape index (κ3) is 1.61. The number of nitrogens with zero attached hydrogens (tertiary/aromatic N) is 1. The first-order valence-corrected chi connectivity index (χ1v) is 10.0. The van der Waals surface area contributed by atoms with Crippen molar-refractivity contribution in [2.24, 2.45) is 0 Å². The predicted octanol–water partition coefficient (Wildman–Crippen LogP) is 1.54. The Hall–Kier alpha value is -1.49. The van der Waals surface area contributed by atoms with Crippen molar-refractivity contribution in [3.05, 3.63) is 46.0 Å². The van der Waals surface area contributed by atoms with Crippen molar-refractivity contribution >= 4 is 25.5 Å². The van der Waals surface area contributed by atoms with Gasteiger partial charge in [0.15, 0.2) is 0 Å². The topological polar surface area (TPSA) is 69.4 Å². The van der Waals surface area contributed by atoms with Crippen molar-refractivity contribution in [1.82, 2.24) is 0 Å². The molecule has 1 aliphatic heterocycles. The van der Waals surface area contributed by atoms with Crippen molar-refractivity contribution in [2.45, 2.75) is 0 Å². The zero-order valence-electron chi connectivity index (χ0n) is 8.67. The molecule has 1 heterocycles. The molecule has 0 radical (unpaired) electrons. The van der Waals surface area contributed by atoms with Gasteiger partial charge in [-0.1, -0.05) is 0 Å². The Morgan fingerprint density at radius 3 is 2.88 bits per heavy atom. The van der Waals surface area contributed by atoms with Gasteiger partial charge < -0.3 is 0 Å². The maximum absolute atomic E-state index is 11.7. The van der Waals surface area contributed by atoms with Crippen LogP contribution in [0.3, 0.4) is 0 Å². The van der Waals surface area contributed by atoms with Crippen molar-refractivity contribution in [3.8, 4) is 0 Å². The molecule has 17 heavy (non-hydrogen) atoms. The van der Waals surface area contributed by atoms with Gasteiger partial charge in [-0.25, -0.2) is 0 Å². The normalized spacial score (nSPS) is 12.6. The summed E-state index contributed by atoms with van der Waals surface area (Å²) in [6, 6.07) is 8.41. The summed E-state index contributed by atoms with van der Waals surface area (Å²) in [5.41, 5.74) is 0.260. The van der Waals surface area contributed by atoms with Crippen LogP contribution in [0.25, 0.3) is 10.8 Å². The molecule has 80 valence electrons. The van der Waals surface area contributed by atoms with E-state index < -0.39 is 35.9 Å². The number of carbonyl (C=O) groups excluding carboxylic acids is 1. The molecule has 3 rings (SSSR count). The number of benzene rings is 2. The van der Waals surface area contributed by atoms with Crippen LogP contribution in [-0.4, -0.2) is 10.9 Å². The molecule has 0 spiro atoms. The second-order valence-electron chi connectivity index (χ2n) is 3.84. The summed E-state index contributed by atoms with van der Waals surface area (Å²) in [7, 11) is 0. The van der Waals surface area contributed by atoms with E-state index in [1.165, 1.54) is 12.1 Å².